The van der Waals surface area contributed by atoms with Crippen molar-refractivity contribution in [2.45, 2.75) is 24.4 Å². The number of aliphatic hydroxyl groups excluding tert-OH is 1. The molecule has 1 unspecified atom stereocenters. The van der Waals surface area contributed by atoms with Crippen molar-refractivity contribution in [2.75, 3.05) is 5.32 Å². The molecule has 146 valence electrons. The molecule has 0 bridgehead atoms. The lowest BCUT2D eigenvalue weighted by atomic mass is 9.71. The molecule has 0 aromatic carbocycles. The van der Waals surface area contributed by atoms with Gasteiger partial charge in [0.05, 0.1) is 28.9 Å². The van der Waals surface area contributed by atoms with Crippen LogP contribution in [0.25, 0.3) is 0 Å². The number of fused-ring (bicyclic) bond motifs is 3. The molecule has 28 heavy (non-hydrogen) atoms. The van der Waals surface area contributed by atoms with Crippen LogP contribution in [0, 0.1) is 35.4 Å². The van der Waals surface area contributed by atoms with Crippen LogP contribution in [0.1, 0.15) is 18.4 Å². The molecular formula is C19H15Cl2F2N3O2. The molecule has 2 aromatic heterocycles. The number of amides is 1. The van der Waals surface area contributed by atoms with E-state index in [1.54, 1.807) is 0 Å². The van der Waals surface area contributed by atoms with E-state index in [1.807, 2.05) is 0 Å². The van der Waals surface area contributed by atoms with Crippen LogP contribution in [0.3, 0.4) is 0 Å². The van der Waals surface area contributed by atoms with Gasteiger partial charge in [0.25, 0.3) is 0 Å². The zero-order valence-electron chi connectivity index (χ0n) is 14.4. The van der Waals surface area contributed by atoms with Crippen LogP contribution in [0.4, 0.5) is 14.5 Å². The Kier molecular flexibility index (Phi) is 3.96. The zero-order valence-corrected chi connectivity index (χ0v) is 15.9. The van der Waals surface area contributed by atoms with Crippen LogP contribution in [0.5, 0.6) is 0 Å². The third-order valence-corrected chi connectivity index (χ3v) is 7.18. The molecule has 2 aromatic rings. The van der Waals surface area contributed by atoms with Crippen LogP contribution in [0.15, 0.2) is 24.5 Å². The van der Waals surface area contributed by atoms with Crippen molar-refractivity contribution in [3.63, 3.8) is 0 Å². The molecule has 9 heteroatoms. The Balaban J connectivity index is 1.53. The van der Waals surface area contributed by atoms with E-state index in [1.165, 1.54) is 24.5 Å². The van der Waals surface area contributed by atoms with E-state index < -0.39 is 35.1 Å². The summed E-state index contributed by atoms with van der Waals surface area (Å²) in [7, 11) is 0. The number of anilines is 1. The third-order valence-electron chi connectivity index (χ3n) is 6.50. The number of halogens is 4. The first-order valence-corrected chi connectivity index (χ1v) is 9.70. The van der Waals surface area contributed by atoms with Gasteiger partial charge in [-0.25, -0.2) is 14.4 Å². The molecular weight excluding hydrogens is 411 g/mol. The van der Waals surface area contributed by atoms with Crippen LogP contribution < -0.4 is 5.32 Å². The molecule has 0 aliphatic heterocycles. The number of hydrogen-bond donors (Lipinski definition) is 2. The average Bonchev–Trinajstić information content (AvgIpc) is 3.53. The van der Waals surface area contributed by atoms with Crippen molar-refractivity contribution in [3.8, 4) is 0 Å². The summed E-state index contributed by atoms with van der Waals surface area (Å²) in [5, 5.41) is 13.8. The minimum absolute atomic E-state index is 0.0121. The SMILES string of the molecule is O=C(Nc1cnc(Cl)c(Cl)c1)[C@@H]1[C@@H](O)[C@H]2CC2[C@H]2C[C@]21c1ccnc(F)c1F. The van der Waals surface area contributed by atoms with E-state index in [-0.39, 0.29) is 33.5 Å². The van der Waals surface area contributed by atoms with Crippen LogP contribution >= 0.6 is 23.2 Å². The molecule has 3 aliphatic carbocycles. The number of aliphatic hydroxyl groups is 1. The molecule has 5 rings (SSSR count). The largest absolute Gasteiger partial charge is 0.392 e. The Morgan fingerprint density at radius 2 is 2.07 bits per heavy atom. The molecule has 0 saturated heterocycles. The number of hydrogen-bond acceptors (Lipinski definition) is 4. The van der Waals surface area contributed by atoms with Gasteiger partial charge < -0.3 is 10.4 Å². The summed E-state index contributed by atoms with van der Waals surface area (Å²) in [5.74, 6) is -3.34. The van der Waals surface area contributed by atoms with Crippen molar-refractivity contribution in [1.29, 1.82) is 0 Å². The standard InChI is InChI=1S/C19H15Cl2F2N3O2/c20-12-3-7(6-25-16(12)21)26-18(28)13-15(27)9-4-8(9)11-5-19(11,13)10-1-2-24-17(23)14(10)22/h1-3,6,8-9,11,13,15,27H,4-5H2,(H,26,28)/t8?,9-,11+,13-,15-,19-/m0/s1. The van der Waals surface area contributed by atoms with E-state index >= 15 is 0 Å². The van der Waals surface area contributed by atoms with Gasteiger partial charge in [-0.3, -0.25) is 4.79 Å². The first-order valence-electron chi connectivity index (χ1n) is 8.95. The highest BCUT2D eigenvalue weighted by Gasteiger charge is 2.76. The van der Waals surface area contributed by atoms with Gasteiger partial charge in [0.2, 0.25) is 11.9 Å². The summed E-state index contributed by atoms with van der Waals surface area (Å²) in [6.45, 7) is 0. The van der Waals surface area contributed by atoms with E-state index in [9.17, 15) is 18.7 Å². The third kappa shape index (κ3) is 2.49. The summed E-state index contributed by atoms with van der Waals surface area (Å²) < 4.78 is 28.4. The van der Waals surface area contributed by atoms with Crippen molar-refractivity contribution in [3.05, 3.63) is 52.0 Å². The fourth-order valence-corrected chi connectivity index (χ4v) is 5.46. The number of pyridine rings is 2. The molecule has 3 aliphatic rings. The Hall–Kier alpha value is -1.83. The van der Waals surface area contributed by atoms with Crippen molar-refractivity contribution in [2.24, 2.45) is 23.7 Å². The van der Waals surface area contributed by atoms with Crippen molar-refractivity contribution in [1.82, 2.24) is 9.97 Å². The van der Waals surface area contributed by atoms with Gasteiger partial charge in [0, 0.05) is 17.2 Å². The summed E-state index contributed by atoms with van der Waals surface area (Å²) in [4.78, 5) is 20.4. The van der Waals surface area contributed by atoms with E-state index in [2.05, 4.69) is 15.3 Å². The molecule has 2 N–H and O–H groups in total. The Morgan fingerprint density at radius 1 is 1.29 bits per heavy atom. The van der Waals surface area contributed by atoms with E-state index in [0.717, 1.165) is 6.42 Å². The molecule has 0 spiro atoms. The van der Waals surface area contributed by atoms with Gasteiger partial charge in [-0.2, -0.15) is 4.39 Å². The topological polar surface area (TPSA) is 75.1 Å². The highest BCUT2D eigenvalue weighted by atomic mass is 35.5. The maximum absolute atomic E-state index is 14.6. The Labute approximate surface area is 169 Å². The second kappa shape index (κ2) is 6.08. The lowest BCUT2D eigenvalue weighted by Crippen LogP contribution is -2.46. The van der Waals surface area contributed by atoms with Gasteiger partial charge in [0.1, 0.15) is 5.15 Å². The molecule has 6 atom stereocenters. The predicted molar refractivity (Wildman–Crippen MR) is 97.9 cm³/mol. The molecule has 0 radical (unpaired) electrons. The first kappa shape index (κ1) is 18.2. The van der Waals surface area contributed by atoms with E-state index in [0.29, 0.717) is 12.1 Å². The Morgan fingerprint density at radius 3 is 2.82 bits per heavy atom. The fourth-order valence-electron chi connectivity index (χ4n) is 5.19. The zero-order chi connectivity index (χ0) is 19.8. The molecule has 5 nitrogen and oxygen atoms in total. The van der Waals surface area contributed by atoms with Gasteiger partial charge in [-0.1, -0.05) is 23.2 Å². The number of rotatable bonds is 3. The maximum atomic E-state index is 14.6. The van der Waals surface area contributed by atoms with Crippen molar-refractivity contribution >= 4 is 34.8 Å². The number of nitrogens with zero attached hydrogens (tertiary/aromatic N) is 2. The number of carbonyl (C=O) groups excluding carboxylic acids is 1. The first-order chi connectivity index (χ1) is 13.3. The van der Waals surface area contributed by atoms with Crippen LogP contribution in [-0.4, -0.2) is 27.1 Å². The van der Waals surface area contributed by atoms with Crippen molar-refractivity contribution < 1.29 is 18.7 Å². The van der Waals surface area contributed by atoms with Crippen LogP contribution in [-0.2, 0) is 10.2 Å². The highest BCUT2D eigenvalue weighted by Crippen LogP contribution is 2.75. The van der Waals surface area contributed by atoms with Gasteiger partial charge in [-0.15, -0.1) is 0 Å². The highest BCUT2D eigenvalue weighted by molar-refractivity contribution is 6.41. The lowest BCUT2D eigenvalue weighted by molar-refractivity contribution is -0.127. The normalized spacial score (nSPS) is 35.0. The summed E-state index contributed by atoms with van der Waals surface area (Å²) >= 11 is 11.7. The number of aromatic nitrogens is 2. The molecule has 3 fully saturated rings. The minimum Gasteiger partial charge on any atom is -0.392 e. The number of nitrogens with one attached hydrogen (secondary N) is 1. The van der Waals surface area contributed by atoms with Gasteiger partial charge in [0.15, 0.2) is 5.82 Å². The molecule has 2 heterocycles. The quantitative estimate of drug-likeness (QED) is 0.736. The monoisotopic (exact) mass is 425 g/mol. The smallest absolute Gasteiger partial charge is 0.249 e. The second-order valence-electron chi connectivity index (χ2n) is 7.83. The molecule has 1 amide bonds. The van der Waals surface area contributed by atoms with E-state index in [4.69, 9.17) is 23.2 Å². The summed E-state index contributed by atoms with van der Waals surface area (Å²) in [6.07, 6.45) is 2.94. The predicted octanol–water partition coefficient (Wildman–Crippen LogP) is 3.58. The van der Waals surface area contributed by atoms with Gasteiger partial charge in [-0.05, 0) is 42.7 Å². The number of carbonyl (C=O) groups is 1. The minimum atomic E-state index is -1.20. The lowest BCUT2D eigenvalue weighted by Gasteiger charge is -2.35. The molecule has 3 saturated carbocycles. The Bertz CT molecular complexity index is 1010. The average molecular weight is 426 g/mol. The second-order valence-corrected chi connectivity index (χ2v) is 8.60. The van der Waals surface area contributed by atoms with Crippen LogP contribution in [0.2, 0.25) is 10.2 Å². The van der Waals surface area contributed by atoms with Gasteiger partial charge >= 0.3 is 0 Å². The summed E-state index contributed by atoms with van der Waals surface area (Å²) in [6, 6.07) is 2.86. The maximum Gasteiger partial charge on any atom is 0.249 e. The fraction of sp³-hybridized carbons (Fsp3) is 0.421. The summed E-state index contributed by atoms with van der Waals surface area (Å²) in [5.41, 5.74) is -0.501.